The number of aliphatic carboxylic acids is 1. The van der Waals surface area contributed by atoms with E-state index in [2.05, 4.69) is 10.6 Å². The van der Waals surface area contributed by atoms with E-state index >= 15 is 0 Å². The summed E-state index contributed by atoms with van der Waals surface area (Å²) < 4.78 is 25.5. The van der Waals surface area contributed by atoms with Crippen molar-refractivity contribution < 1.29 is 23.5 Å². The van der Waals surface area contributed by atoms with E-state index in [1.54, 1.807) is 0 Å². The molecule has 0 bridgehead atoms. The lowest BCUT2D eigenvalue weighted by Crippen LogP contribution is -2.37. The van der Waals surface area contributed by atoms with Crippen molar-refractivity contribution in [2.45, 2.75) is 12.8 Å². The van der Waals surface area contributed by atoms with E-state index in [0.717, 1.165) is 12.1 Å². The molecule has 0 unspecified atom stereocenters. The number of benzene rings is 1. The zero-order chi connectivity index (χ0) is 14.3. The molecule has 3 N–H and O–H groups in total. The number of urea groups is 1. The fourth-order valence-corrected chi connectivity index (χ4v) is 1.36. The molecule has 0 aliphatic rings. The van der Waals surface area contributed by atoms with Gasteiger partial charge < -0.3 is 15.7 Å². The molecule has 2 amide bonds. The molecular weight excluding hydrogens is 258 g/mol. The summed E-state index contributed by atoms with van der Waals surface area (Å²) in [6, 6.07) is 3.03. The van der Waals surface area contributed by atoms with Gasteiger partial charge in [-0.1, -0.05) is 6.07 Å². The highest BCUT2D eigenvalue weighted by atomic mass is 19.2. The van der Waals surface area contributed by atoms with Gasteiger partial charge in [0.1, 0.15) is 0 Å². The topological polar surface area (TPSA) is 78.4 Å². The van der Waals surface area contributed by atoms with Gasteiger partial charge in [0.15, 0.2) is 11.6 Å². The first-order valence-corrected chi connectivity index (χ1v) is 5.66. The fourth-order valence-electron chi connectivity index (χ4n) is 1.36. The first kappa shape index (κ1) is 14.9. The molecule has 0 saturated carbocycles. The third-order valence-corrected chi connectivity index (χ3v) is 2.31. The van der Waals surface area contributed by atoms with Crippen molar-refractivity contribution in [3.8, 4) is 0 Å². The Kier molecular flexibility index (Phi) is 5.72. The highest BCUT2D eigenvalue weighted by Crippen LogP contribution is 2.08. The molecule has 1 aromatic rings. The predicted octanol–water partition coefficient (Wildman–Crippen LogP) is 1.28. The third-order valence-electron chi connectivity index (χ3n) is 2.31. The van der Waals surface area contributed by atoms with Gasteiger partial charge in [0.05, 0.1) is 6.42 Å². The van der Waals surface area contributed by atoms with Crippen LogP contribution in [0.15, 0.2) is 18.2 Å². The summed E-state index contributed by atoms with van der Waals surface area (Å²) in [4.78, 5) is 21.4. The zero-order valence-electron chi connectivity index (χ0n) is 10.1. The average Bonchev–Trinajstić information content (AvgIpc) is 2.33. The number of rotatable bonds is 6. The van der Waals surface area contributed by atoms with Crippen molar-refractivity contribution in [2.75, 3.05) is 13.1 Å². The van der Waals surface area contributed by atoms with Crippen LogP contribution in [0.3, 0.4) is 0 Å². The smallest absolute Gasteiger partial charge is 0.314 e. The molecule has 0 saturated heterocycles. The lowest BCUT2D eigenvalue weighted by Gasteiger charge is -2.06. The van der Waals surface area contributed by atoms with E-state index in [9.17, 15) is 18.4 Å². The van der Waals surface area contributed by atoms with E-state index in [0.29, 0.717) is 12.0 Å². The summed E-state index contributed by atoms with van der Waals surface area (Å²) in [6.07, 6.45) is 0.195. The number of hydrogen-bond donors (Lipinski definition) is 3. The highest BCUT2D eigenvalue weighted by Gasteiger charge is 2.04. The van der Waals surface area contributed by atoms with Gasteiger partial charge in [-0.15, -0.1) is 0 Å². The van der Waals surface area contributed by atoms with Gasteiger partial charge in [0, 0.05) is 13.1 Å². The molecule has 0 atom stereocenters. The Bertz CT molecular complexity index is 466. The van der Waals surface area contributed by atoms with Crippen LogP contribution in [0.4, 0.5) is 13.6 Å². The molecule has 0 aliphatic carbocycles. The van der Waals surface area contributed by atoms with Gasteiger partial charge in [0.2, 0.25) is 0 Å². The number of carbonyl (C=O) groups excluding carboxylic acids is 1. The maximum absolute atomic E-state index is 12.9. The lowest BCUT2D eigenvalue weighted by atomic mass is 10.1. The maximum atomic E-state index is 12.9. The van der Waals surface area contributed by atoms with Gasteiger partial charge in [0.25, 0.3) is 0 Å². The van der Waals surface area contributed by atoms with Crippen molar-refractivity contribution in [1.29, 1.82) is 0 Å². The molecule has 104 valence electrons. The molecule has 5 nitrogen and oxygen atoms in total. The van der Waals surface area contributed by atoms with Crippen LogP contribution in [0.25, 0.3) is 0 Å². The average molecular weight is 272 g/mol. The number of carboxylic acid groups (broad SMARTS) is 1. The molecular formula is C12H14F2N2O3. The lowest BCUT2D eigenvalue weighted by molar-refractivity contribution is -0.136. The van der Waals surface area contributed by atoms with Gasteiger partial charge in [-0.25, -0.2) is 13.6 Å². The molecule has 0 radical (unpaired) electrons. The summed E-state index contributed by atoms with van der Waals surface area (Å²) in [6.45, 7) is 0.274. The number of carboxylic acids is 1. The van der Waals surface area contributed by atoms with Crippen molar-refractivity contribution >= 4 is 12.0 Å². The summed E-state index contributed by atoms with van der Waals surface area (Å²) in [5.74, 6) is -2.84. The number of nitrogens with one attached hydrogen (secondary N) is 2. The van der Waals surface area contributed by atoms with Gasteiger partial charge in [-0.2, -0.15) is 0 Å². The maximum Gasteiger partial charge on any atom is 0.314 e. The molecule has 0 aliphatic heterocycles. The molecule has 0 spiro atoms. The predicted molar refractivity (Wildman–Crippen MR) is 63.7 cm³/mol. The molecule has 0 fully saturated rings. The zero-order valence-corrected chi connectivity index (χ0v) is 10.1. The van der Waals surface area contributed by atoms with Crippen molar-refractivity contribution in [1.82, 2.24) is 10.6 Å². The van der Waals surface area contributed by atoms with Crippen molar-refractivity contribution in [2.24, 2.45) is 0 Å². The number of amides is 2. The Morgan fingerprint density at radius 1 is 1.11 bits per heavy atom. The second kappa shape index (κ2) is 7.30. The third kappa shape index (κ3) is 5.80. The summed E-state index contributed by atoms with van der Waals surface area (Å²) in [7, 11) is 0. The Morgan fingerprint density at radius 3 is 2.42 bits per heavy atom. The van der Waals surface area contributed by atoms with E-state index in [1.165, 1.54) is 6.07 Å². The second-order valence-corrected chi connectivity index (χ2v) is 3.82. The van der Waals surface area contributed by atoms with E-state index in [-0.39, 0.29) is 19.5 Å². The van der Waals surface area contributed by atoms with Crippen molar-refractivity contribution in [3.05, 3.63) is 35.4 Å². The molecule has 7 heteroatoms. The highest BCUT2D eigenvalue weighted by molar-refractivity contribution is 5.74. The molecule has 19 heavy (non-hydrogen) atoms. The molecule has 0 aromatic heterocycles. The minimum Gasteiger partial charge on any atom is -0.481 e. The van der Waals surface area contributed by atoms with Crippen LogP contribution in [0.5, 0.6) is 0 Å². The molecule has 1 rings (SSSR count). The number of halogens is 2. The quantitative estimate of drug-likeness (QED) is 0.730. The first-order chi connectivity index (χ1) is 8.99. The molecule has 0 heterocycles. The Morgan fingerprint density at radius 2 is 1.79 bits per heavy atom. The van der Waals surface area contributed by atoms with Crippen LogP contribution in [0.1, 0.15) is 12.0 Å². The van der Waals surface area contributed by atoms with Crippen LogP contribution in [0.2, 0.25) is 0 Å². The largest absolute Gasteiger partial charge is 0.481 e. The van der Waals surface area contributed by atoms with Crippen LogP contribution in [-0.2, 0) is 11.2 Å². The standard InChI is InChI=1S/C12H14F2N2O3/c13-9-2-1-8(7-10(9)14)3-5-15-12(19)16-6-4-11(17)18/h1-2,7H,3-6H2,(H,17,18)(H2,15,16,19). The molecule has 1 aromatic carbocycles. The van der Waals surface area contributed by atoms with Crippen LogP contribution in [0, 0.1) is 11.6 Å². The summed E-state index contributed by atoms with van der Waals surface area (Å²) in [5, 5.41) is 13.2. The first-order valence-electron chi connectivity index (χ1n) is 5.66. The number of carbonyl (C=O) groups is 2. The van der Waals surface area contributed by atoms with Crippen LogP contribution < -0.4 is 10.6 Å². The van der Waals surface area contributed by atoms with E-state index < -0.39 is 23.6 Å². The minimum absolute atomic E-state index is 0.0341. The van der Waals surface area contributed by atoms with E-state index in [4.69, 9.17) is 5.11 Å². The summed E-state index contributed by atoms with van der Waals surface area (Å²) >= 11 is 0. The second-order valence-electron chi connectivity index (χ2n) is 3.82. The van der Waals surface area contributed by atoms with Gasteiger partial charge >= 0.3 is 12.0 Å². The summed E-state index contributed by atoms with van der Waals surface area (Å²) in [5.41, 5.74) is 0.560. The Balaban J connectivity index is 2.24. The SMILES string of the molecule is O=C(O)CCNC(=O)NCCc1ccc(F)c(F)c1. The minimum atomic E-state index is -0.998. The Labute approximate surface area is 108 Å². The van der Waals surface area contributed by atoms with Crippen molar-refractivity contribution in [3.63, 3.8) is 0 Å². The monoisotopic (exact) mass is 272 g/mol. The normalized spacial score (nSPS) is 10.0. The Hall–Kier alpha value is -2.18. The van der Waals surface area contributed by atoms with Gasteiger partial charge in [-0.3, -0.25) is 4.79 Å². The van der Waals surface area contributed by atoms with Crippen LogP contribution >= 0.6 is 0 Å². The van der Waals surface area contributed by atoms with Gasteiger partial charge in [-0.05, 0) is 24.1 Å². The fraction of sp³-hybridized carbons (Fsp3) is 0.333. The number of hydrogen-bond acceptors (Lipinski definition) is 2. The van der Waals surface area contributed by atoms with E-state index in [1.807, 2.05) is 0 Å². The van der Waals surface area contributed by atoms with Crippen LogP contribution in [-0.4, -0.2) is 30.2 Å².